The second kappa shape index (κ2) is 3.21. The lowest BCUT2D eigenvalue weighted by Crippen LogP contribution is -2.44. The summed E-state index contributed by atoms with van der Waals surface area (Å²) in [5.41, 5.74) is 0.826. The normalized spacial score (nSPS) is 40.1. The smallest absolute Gasteiger partial charge is 0.00703 e. The van der Waals surface area contributed by atoms with Crippen LogP contribution < -0.4 is 5.32 Å². The van der Waals surface area contributed by atoms with Gasteiger partial charge >= 0.3 is 0 Å². The minimum absolute atomic E-state index is 0.826. The molecule has 0 bridgehead atoms. The van der Waals surface area contributed by atoms with Crippen molar-refractivity contribution in [2.24, 2.45) is 11.3 Å². The van der Waals surface area contributed by atoms with Crippen molar-refractivity contribution in [2.75, 3.05) is 26.7 Å². The van der Waals surface area contributed by atoms with Gasteiger partial charge in [-0.25, -0.2) is 0 Å². The van der Waals surface area contributed by atoms with Crippen LogP contribution in [0.15, 0.2) is 0 Å². The summed E-state index contributed by atoms with van der Waals surface area (Å²) in [6, 6.07) is 0.831. The van der Waals surface area contributed by atoms with Gasteiger partial charge in [-0.15, -0.1) is 0 Å². The van der Waals surface area contributed by atoms with Crippen LogP contribution in [-0.2, 0) is 0 Å². The average molecular weight is 194 g/mol. The highest BCUT2D eigenvalue weighted by Crippen LogP contribution is 2.52. The van der Waals surface area contributed by atoms with Crippen LogP contribution >= 0.6 is 0 Å². The summed E-state index contributed by atoms with van der Waals surface area (Å²) >= 11 is 0. The third kappa shape index (κ3) is 1.59. The molecule has 1 N–H and O–H groups in total. The molecule has 1 heterocycles. The van der Waals surface area contributed by atoms with Crippen molar-refractivity contribution in [3.05, 3.63) is 0 Å². The van der Waals surface area contributed by atoms with Gasteiger partial charge in [0.2, 0.25) is 0 Å². The fourth-order valence-electron chi connectivity index (χ4n) is 3.25. The second-order valence-corrected chi connectivity index (χ2v) is 5.81. The van der Waals surface area contributed by atoms with E-state index in [9.17, 15) is 0 Å². The first kappa shape index (κ1) is 9.17. The Hall–Kier alpha value is -0.0800. The molecular formula is C12H22N2. The van der Waals surface area contributed by atoms with E-state index in [1.165, 1.54) is 51.7 Å². The largest absolute Gasteiger partial charge is 0.317 e. The van der Waals surface area contributed by atoms with Crippen LogP contribution in [0, 0.1) is 11.3 Å². The maximum Gasteiger partial charge on any atom is 0.00703 e. The van der Waals surface area contributed by atoms with Crippen LogP contribution in [0.25, 0.3) is 0 Å². The molecule has 1 saturated heterocycles. The molecule has 3 fully saturated rings. The molecule has 3 aliphatic rings. The van der Waals surface area contributed by atoms with Gasteiger partial charge in [0.15, 0.2) is 0 Å². The molecule has 1 aliphatic heterocycles. The van der Waals surface area contributed by atoms with Crippen molar-refractivity contribution in [1.29, 1.82) is 0 Å². The van der Waals surface area contributed by atoms with Crippen molar-refractivity contribution < 1.29 is 0 Å². The predicted molar refractivity (Wildman–Crippen MR) is 58.3 cm³/mol. The van der Waals surface area contributed by atoms with E-state index in [2.05, 4.69) is 17.3 Å². The van der Waals surface area contributed by atoms with Gasteiger partial charge in [-0.1, -0.05) is 0 Å². The standard InChI is InChI=1S/C12H22N2/c1-13-11-6-10(7-11)8-14-5-4-12(9-14)2-3-12/h10-11,13H,2-9H2,1H3. The van der Waals surface area contributed by atoms with Crippen molar-refractivity contribution in [1.82, 2.24) is 10.2 Å². The van der Waals surface area contributed by atoms with Crippen molar-refractivity contribution >= 4 is 0 Å². The van der Waals surface area contributed by atoms with Gasteiger partial charge in [-0.3, -0.25) is 0 Å². The quantitative estimate of drug-likeness (QED) is 0.732. The first-order valence-electron chi connectivity index (χ1n) is 6.19. The molecule has 1 spiro atoms. The molecule has 0 radical (unpaired) electrons. The summed E-state index contributed by atoms with van der Waals surface area (Å²) in [6.45, 7) is 4.20. The van der Waals surface area contributed by atoms with Crippen molar-refractivity contribution in [3.63, 3.8) is 0 Å². The van der Waals surface area contributed by atoms with Gasteiger partial charge in [0.25, 0.3) is 0 Å². The number of likely N-dealkylation sites (tertiary alicyclic amines) is 1. The topological polar surface area (TPSA) is 15.3 Å². The summed E-state index contributed by atoms with van der Waals surface area (Å²) in [5.74, 6) is 1.00. The van der Waals surface area contributed by atoms with Crippen LogP contribution in [0.2, 0.25) is 0 Å². The Labute approximate surface area is 87.0 Å². The monoisotopic (exact) mass is 194 g/mol. The van der Waals surface area contributed by atoms with Crippen LogP contribution in [0.3, 0.4) is 0 Å². The lowest BCUT2D eigenvalue weighted by atomic mass is 9.80. The zero-order chi connectivity index (χ0) is 9.60. The van der Waals surface area contributed by atoms with E-state index in [4.69, 9.17) is 0 Å². The Morgan fingerprint density at radius 3 is 2.64 bits per heavy atom. The molecule has 3 rings (SSSR count). The van der Waals surface area contributed by atoms with Crippen LogP contribution in [0.4, 0.5) is 0 Å². The summed E-state index contributed by atoms with van der Waals surface area (Å²) < 4.78 is 0. The number of hydrogen-bond acceptors (Lipinski definition) is 2. The maximum atomic E-state index is 3.37. The number of nitrogens with zero attached hydrogens (tertiary/aromatic N) is 1. The van der Waals surface area contributed by atoms with Crippen LogP contribution in [-0.4, -0.2) is 37.6 Å². The van der Waals surface area contributed by atoms with Crippen molar-refractivity contribution in [3.8, 4) is 0 Å². The predicted octanol–water partition coefficient (Wildman–Crippen LogP) is 1.47. The molecule has 2 heteroatoms. The fourth-order valence-corrected chi connectivity index (χ4v) is 3.25. The maximum absolute atomic E-state index is 3.37. The van der Waals surface area contributed by atoms with Crippen molar-refractivity contribution in [2.45, 2.75) is 38.1 Å². The summed E-state index contributed by atoms with van der Waals surface area (Å²) in [4.78, 5) is 2.73. The average Bonchev–Trinajstić information content (AvgIpc) is 2.73. The third-order valence-corrected chi connectivity index (χ3v) is 4.63. The van der Waals surface area contributed by atoms with E-state index >= 15 is 0 Å². The van der Waals surface area contributed by atoms with Gasteiger partial charge in [0.1, 0.15) is 0 Å². The lowest BCUT2D eigenvalue weighted by Gasteiger charge is -2.37. The number of nitrogens with one attached hydrogen (secondary N) is 1. The molecule has 14 heavy (non-hydrogen) atoms. The highest BCUT2D eigenvalue weighted by molar-refractivity contribution is 5.01. The highest BCUT2D eigenvalue weighted by atomic mass is 15.2. The molecular weight excluding hydrogens is 172 g/mol. The van der Waals surface area contributed by atoms with E-state index in [-0.39, 0.29) is 0 Å². The molecule has 0 aromatic rings. The molecule has 0 unspecified atom stereocenters. The SMILES string of the molecule is CNC1CC(CN2CCC3(CC3)C2)C1. The molecule has 0 amide bonds. The lowest BCUT2D eigenvalue weighted by molar-refractivity contribution is 0.162. The molecule has 2 nitrogen and oxygen atoms in total. The van der Waals surface area contributed by atoms with Crippen LogP contribution in [0.5, 0.6) is 0 Å². The first-order chi connectivity index (χ1) is 6.80. The van der Waals surface area contributed by atoms with Gasteiger partial charge in [-0.2, -0.15) is 0 Å². The minimum atomic E-state index is 0.826. The van der Waals surface area contributed by atoms with E-state index < -0.39 is 0 Å². The summed E-state index contributed by atoms with van der Waals surface area (Å²) in [7, 11) is 2.09. The molecule has 2 aliphatic carbocycles. The Morgan fingerprint density at radius 1 is 1.29 bits per heavy atom. The zero-order valence-corrected chi connectivity index (χ0v) is 9.26. The molecule has 0 aromatic carbocycles. The number of hydrogen-bond donors (Lipinski definition) is 1. The highest BCUT2D eigenvalue weighted by Gasteiger charge is 2.48. The molecule has 2 saturated carbocycles. The van der Waals surface area contributed by atoms with Gasteiger partial charge < -0.3 is 10.2 Å². The Kier molecular flexibility index (Phi) is 2.10. The number of rotatable bonds is 3. The minimum Gasteiger partial charge on any atom is -0.317 e. The van der Waals surface area contributed by atoms with Gasteiger partial charge in [0.05, 0.1) is 0 Å². The molecule has 0 aromatic heterocycles. The second-order valence-electron chi connectivity index (χ2n) is 5.81. The Balaban J connectivity index is 1.42. The van der Waals surface area contributed by atoms with E-state index in [1.807, 2.05) is 0 Å². The van der Waals surface area contributed by atoms with E-state index in [0.717, 1.165) is 17.4 Å². The van der Waals surface area contributed by atoms with E-state index in [0.29, 0.717) is 0 Å². The molecule has 0 atom stereocenters. The fraction of sp³-hybridized carbons (Fsp3) is 1.00. The summed E-state index contributed by atoms with van der Waals surface area (Å²) in [5, 5.41) is 3.37. The Morgan fingerprint density at radius 2 is 2.07 bits per heavy atom. The first-order valence-corrected chi connectivity index (χ1v) is 6.19. The third-order valence-electron chi connectivity index (χ3n) is 4.63. The van der Waals surface area contributed by atoms with Gasteiger partial charge in [-0.05, 0) is 57.0 Å². The van der Waals surface area contributed by atoms with Gasteiger partial charge in [0, 0.05) is 19.1 Å². The van der Waals surface area contributed by atoms with Crippen LogP contribution in [0.1, 0.15) is 32.1 Å². The van der Waals surface area contributed by atoms with E-state index in [1.54, 1.807) is 0 Å². The zero-order valence-electron chi connectivity index (χ0n) is 9.26. The summed E-state index contributed by atoms with van der Waals surface area (Å²) in [6.07, 6.45) is 7.37. The Bertz CT molecular complexity index is 216. The molecule has 80 valence electrons.